The van der Waals surface area contributed by atoms with Crippen molar-refractivity contribution in [2.24, 2.45) is 0 Å². The van der Waals surface area contributed by atoms with Gasteiger partial charge >= 0.3 is 5.97 Å². The number of ether oxygens (including phenoxy) is 3. The van der Waals surface area contributed by atoms with Crippen molar-refractivity contribution in [1.82, 2.24) is 4.57 Å². The zero-order chi connectivity index (χ0) is 23.4. The van der Waals surface area contributed by atoms with Gasteiger partial charge in [0.25, 0.3) is 5.56 Å². The van der Waals surface area contributed by atoms with Crippen LogP contribution >= 0.6 is 27.3 Å². The quantitative estimate of drug-likeness (QED) is 0.277. The summed E-state index contributed by atoms with van der Waals surface area (Å²) >= 11 is 4.87. The Morgan fingerprint density at radius 2 is 1.79 bits per heavy atom. The van der Waals surface area contributed by atoms with E-state index >= 15 is 0 Å². The molecule has 4 aromatic rings. The van der Waals surface area contributed by atoms with Gasteiger partial charge in [0.05, 0.1) is 34.3 Å². The molecule has 0 saturated heterocycles. The molecule has 0 amide bonds. The van der Waals surface area contributed by atoms with Gasteiger partial charge in [-0.25, -0.2) is 4.79 Å². The van der Waals surface area contributed by atoms with Crippen LogP contribution in [0.1, 0.15) is 28.4 Å². The Kier molecular flexibility index (Phi) is 7.15. The van der Waals surface area contributed by atoms with Crippen LogP contribution in [0.15, 0.2) is 69.2 Å². The first-order chi connectivity index (χ1) is 16.0. The van der Waals surface area contributed by atoms with Crippen molar-refractivity contribution in [2.45, 2.75) is 20.1 Å². The van der Waals surface area contributed by atoms with Crippen molar-refractivity contribution in [3.8, 4) is 11.5 Å². The minimum atomic E-state index is -0.575. The number of halogens is 1. The van der Waals surface area contributed by atoms with Gasteiger partial charge in [-0.1, -0.05) is 42.5 Å². The summed E-state index contributed by atoms with van der Waals surface area (Å²) in [6.45, 7) is 2.39. The Morgan fingerprint density at radius 3 is 2.45 bits per heavy atom. The topological polar surface area (TPSA) is 66.8 Å². The monoisotopic (exact) mass is 527 g/mol. The summed E-state index contributed by atoms with van der Waals surface area (Å²) in [6, 6.07) is 18.9. The van der Waals surface area contributed by atoms with Gasteiger partial charge in [-0.05, 0) is 52.2 Å². The molecule has 6 nitrogen and oxygen atoms in total. The molecule has 0 aliphatic heterocycles. The van der Waals surface area contributed by atoms with Crippen LogP contribution in [0.25, 0.3) is 10.2 Å². The van der Waals surface area contributed by atoms with E-state index in [1.54, 1.807) is 18.6 Å². The number of hydrogen-bond donors (Lipinski definition) is 0. The fourth-order valence-electron chi connectivity index (χ4n) is 3.50. The third-order valence-corrected chi connectivity index (χ3v) is 6.72. The molecule has 2 heterocycles. The highest BCUT2D eigenvalue weighted by atomic mass is 79.9. The number of fused-ring (bicyclic) bond motifs is 1. The smallest absolute Gasteiger partial charge is 0.343 e. The van der Waals surface area contributed by atoms with Crippen molar-refractivity contribution >= 4 is 43.5 Å². The summed E-state index contributed by atoms with van der Waals surface area (Å²) in [6.07, 6.45) is 0. The summed E-state index contributed by atoms with van der Waals surface area (Å²) < 4.78 is 19.6. The van der Waals surface area contributed by atoms with Gasteiger partial charge in [-0.2, -0.15) is 0 Å². The van der Waals surface area contributed by atoms with E-state index in [4.69, 9.17) is 14.2 Å². The lowest BCUT2D eigenvalue weighted by Crippen LogP contribution is -2.26. The first-order valence-electron chi connectivity index (χ1n) is 10.3. The lowest BCUT2D eigenvalue weighted by Gasteiger charge is -2.16. The van der Waals surface area contributed by atoms with Gasteiger partial charge in [0.1, 0.15) is 17.9 Å². The molecule has 170 valence electrons. The Bertz CT molecular complexity index is 1330. The number of hydrogen-bond acceptors (Lipinski definition) is 6. The molecule has 2 aromatic carbocycles. The van der Waals surface area contributed by atoms with Gasteiger partial charge in [0, 0.05) is 0 Å². The highest BCUT2D eigenvalue weighted by molar-refractivity contribution is 9.11. The summed E-state index contributed by atoms with van der Waals surface area (Å²) in [4.78, 5) is 26.6. The molecule has 0 spiro atoms. The highest BCUT2D eigenvalue weighted by Crippen LogP contribution is 2.36. The Labute approximate surface area is 203 Å². The van der Waals surface area contributed by atoms with E-state index in [2.05, 4.69) is 15.9 Å². The molecule has 0 saturated carbocycles. The summed E-state index contributed by atoms with van der Waals surface area (Å²) in [7, 11) is 1.61. The van der Waals surface area contributed by atoms with Gasteiger partial charge in [0.15, 0.2) is 0 Å². The van der Waals surface area contributed by atoms with Crippen LogP contribution in [0.3, 0.4) is 0 Å². The molecule has 33 heavy (non-hydrogen) atoms. The molecule has 0 aliphatic carbocycles. The number of benzene rings is 2. The maximum Gasteiger partial charge on any atom is 0.343 e. The standard InChI is InChI=1S/C25H22BrNO5S/c1-3-31-25(29)21-22(32-15-17-7-5-4-6-8-17)24(28)27(19-13-20(26)33-23(19)21)14-16-9-11-18(30-2)12-10-16/h4-13H,3,14-15H2,1-2H3. The van der Waals surface area contributed by atoms with Gasteiger partial charge < -0.3 is 14.2 Å². The molecule has 0 aliphatic rings. The van der Waals surface area contributed by atoms with E-state index < -0.39 is 5.97 Å². The molecule has 0 bridgehead atoms. The maximum atomic E-state index is 13.7. The zero-order valence-electron chi connectivity index (χ0n) is 18.2. The molecule has 8 heteroatoms. The minimum Gasteiger partial charge on any atom is -0.497 e. The molecule has 4 rings (SSSR count). The Balaban J connectivity index is 1.86. The molecule has 0 radical (unpaired) electrons. The summed E-state index contributed by atoms with van der Waals surface area (Å²) in [5, 5.41) is 0. The van der Waals surface area contributed by atoms with E-state index in [1.165, 1.54) is 11.3 Å². The van der Waals surface area contributed by atoms with Crippen molar-refractivity contribution in [3.63, 3.8) is 0 Å². The molecule has 0 N–H and O–H groups in total. The summed E-state index contributed by atoms with van der Waals surface area (Å²) in [5.41, 5.74) is 2.22. The van der Waals surface area contributed by atoms with Crippen molar-refractivity contribution in [1.29, 1.82) is 0 Å². The van der Waals surface area contributed by atoms with Crippen molar-refractivity contribution < 1.29 is 19.0 Å². The average Bonchev–Trinajstić information content (AvgIpc) is 3.21. The Morgan fingerprint density at radius 1 is 1.06 bits per heavy atom. The third-order valence-electron chi connectivity index (χ3n) is 5.07. The van der Waals surface area contributed by atoms with E-state index in [1.807, 2.05) is 60.7 Å². The first kappa shape index (κ1) is 23.1. The predicted molar refractivity (Wildman–Crippen MR) is 133 cm³/mol. The van der Waals surface area contributed by atoms with E-state index in [0.717, 1.165) is 20.7 Å². The van der Waals surface area contributed by atoms with Crippen LogP contribution in [0.5, 0.6) is 11.5 Å². The fraction of sp³-hybridized carbons (Fsp3) is 0.200. The molecular formula is C25H22BrNO5S. The zero-order valence-corrected chi connectivity index (χ0v) is 20.6. The van der Waals surface area contributed by atoms with Crippen molar-refractivity contribution in [2.75, 3.05) is 13.7 Å². The Hall–Kier alpha value is -3.10. The molecule has 0 fully saturated rings. The summed E-state index contributed by atoms with van der Waals surface area (Å²) in [5.74, 6) is 0.153. The second kappa shape index (κ2) is 10.2. The fourth-order valence-corrected chi connectivity index (χ4v) is 5.12. The van der Waals surface area contributed by atoms with Crippen LogP contribution in [0, 0.1) is 0 Å². The number of thiophene rings is 1. The molecular weight excluding hydrogens is 506 g/mol. The second-order valence-electron chi connectivity index (χ2n) is 7.20. The number of esters is 1. The van der Waals surface area contributed by atoms with E-state index in [9.17, 15) is 9.59 Å². The van der Waals surface area contributed by atoms with Crippen LogP contribution in [0.2, 0.25) is 0 Å². The number of nitrogens with zero attached hydrogens (tertiary/aromatic N) is 1. The molecule has 0 atom stereocenters. The number of methoxy groups -OCH3 is 1. The van der Waals surface area contributed by atoms with Crippen LogP contribution in [-0.2, 0) is 17.9 Å². The van der Waals surface area contributed by atoms with Gasteiger partial charge in [-0.15, -0.1) is 11.3 Å². The largest absolute Gasteiger partial charge is 0.497 e. The maximum absolute atomic E-state index is 13.7. The van der Waals surface area contributed by atoms with Gasteiger partial charge in [0.2, 0.25) is 5.75 Å². The van der Waals surface area contributed by atoms with E-state index in [-0.39, 0.29) is 30.1 Å². The highest BCUT2D eigenvalue weighted by Gasteiger charge is 2.26. The number of carbonyl (C=O) groups is 1. The van der Waals surface area contributed by atoms with Gasteiger partial charge in [-0.3, -0.25) is 9.36 Å². The lowest BCUT2D eigenvalue weighted by atomic mass is 10.1. The lowest BCUT2D eigenvalue weighted by molar-refractivity contribution is 0.0523. The van der Waals surface area contributed by atoms with E-state index in [0.29, 0.717) is 16.8 Å². The molecule has 2 aromatic heterocycles. The SMILES string of the molecule is CCOC(=O)c1c(OCc2ccccc2)c(=O)n(Cc2ccc(OC)cc2)c2cc(Br)sc12. The van der Waals surface area contributed by atoms with Crippen LogP contribution in [0.4, 0.5) is 0 Å². The number of aromatic nitrogens is 1. The molecule has 0 unspecified atom stereocenters. The minimum absolute atomic E-state index is 0.00679. The van der Waals surface area contributed by atoms with Crippen molar-refractivity contribution in [3.05, 3.63) is 91.5 Å². The number of rotatable bonds is 8. The third kappa shape index (κ3) is 4.96. The van der Waals surface area contributed by atoms with Crippen LogP contribution < -0.4 is 15.0 Å². The van der Waals surface area contributed by atoms with Crippen LogP contribution in [-0.4, -0.2) is 24.3 Å². The second-order valence-corrected chi connectivity index (χ2v) is 9.63. The average molecular weight is 528 g/mol. The number of pyridine rings is 1. The number of carbonyl (C=O) groups excluding carboxylic acids is 1. The predicted octanol–water partition coefficient (Wildman–Crippen LogP) is 5.64. The first-order valence-corrected chi connectivity index (χ1v) is 12.0. The normalized spacial score (nSPS) is 10.9.